The predicted molar refractivity (Wildman–Crippen MR) is 58.5 cm³/mol. The first kappa shape index (κ1) is 12.2. The van der Waals surface area contributed by atoms with Gasteiger partial charge in [0.1, 0.15) is 0 Å². The van der Waals surface area contributed by atoms with Gasteiger partial charge in [-0.3, -0.25) is 0 Å². The molecule has 0 saturated heterocycles. The van der Waals surface area contributed by atoms with Gasteiger partial charge in [-0.1, -0.05) is 5.57 Å². The molecular weight excluding hydrogens is 192 g/mol. The van der Waals surface area contributed by atoms with Gasteiger partial charge in [0, 0.05) is 12.2 Å². The maximum absolute atomic E-state index is 10.8. The fraction of sp³-hybridized carbons (Fsp3) is 0.750. The Morgan fingerprint density at radius 2 is 1.73 bits per heavy atom. The fourth-order valence-corrected chi connectivity index (χ4v) is 2.25. The molecule has 1 fully saturated rings. The zero-order valence-corrected chi connectivity index (χ0v) is 9.49. The second-order valence-electron chi connectivity index (χ2n) is 4.51. The summed E-state index contributed by atoms with van der Waals surface area (Å²) in [5.41, 5.74) is 1.50. The third-order valence-corrected chi connectivity index (χ3v) is 3.63. The van der Waals surface area contributed by atoms with Crippen LogP contribution in [-0.4, -0.2) is 22.8 Å². The average molecular weight is 212 g/mol. The van der Waals surface area contributed by atoms with Crippen LogP contribution in [0.2, 0.25) is 0 Å². The summed E-state index contributed by atoms with van der Waals surface area (Å²) >= 11 is 0. The van der Waals surface area contributed by atoms with Crippen LogP contribution in [0, 0.1) is 11.8 Å². The predicted octanol–water partition coefficient (Wildman–Crippen LogP) is 2.21. The molecule has 0 aliphatic heterocycles. The van der Waals surface area contributed by atoms with Gasteiger partial charge in [0.15, 0.2) is 0 Å². The van der Waals surface area contributed by atoms with E-state index in [4.69, 9.17) is 10.2 Å². The summed E-state index contributed by atoms with van der Waals surface area (Å²) in [7, 11) is 0. The summed E-state index contributed by atoms with van der Waals surface area (Å²) in [4.78, 5) is 10.8. The van der Waals surface area contributed by atoms with Crippen LogP contribution in [0.5, 0.6) is 0 Å². The van der Waals surface area contributed by atoms with Crippen molar-refractivity contribution >= 4 is 5.97 Å². The van der Waals surface area contributed by atoms with Crippen molar-refractivity contribution < 1.29 is 15.0 Å². The molecule has 0 aromatic heterocycles. The molecule has 1 rings (SSSR count). The zero-order valence-electron chi connectivity index (χ0n) is 9.49. The van der Waals surface area contributed by atoms with Crippen molar-refractivity contribution in [2.45, 2.75) is 39.5 Å². The number of carboxylic acid groups (broad SMARTS) is 1. The minimum Gasteiger partial charge on any atom is -0.478 e. The van der Waals surface area contributed by atoms with Gasteiger partial charge in [-0.05, 0) is 51.4 Å². The quantitative estimate of drug-likeness (QED) is 0.705. The highest BCUT2D eigenvalue weighted by atomic mass is 16.4. The van der Waals surface area contributed by atoms with Gasteiger partial charge in [0.2, 0.25) is 0 Å². The Hall–Kier alpha value is -0.830. The molecule has 0 atom stereocenters. The zero-order chi connectivity index (χ0) is 11.4. The standard InChI is InChI=1S/C12H20O3/c1-8(9(2)12(14)15)11-5-3-10(7-13)4-6-11/h10-11,13H,3-7H2,1-2H3,(H,14,15). The number of aliphatic hydroxyl groups excluding tert-OH is 1. The topological polar surface area (TPSA) is 57.5 Å². The minimum absolute atomic E-state index is 0.271. The summed E-state index contributed by atoms with van der Waals surface area (Å²) in [6.45, 7) is 3.87. The van der Waals surface area contributed by atoms with Crippen LogP contribution >= 0.6 is 0 Å². The van der Waals surface area contributed by atoms with E-state index in [9.17, 15) is 4.79 Å². The van der Waals surface area contributed by atoms with Gasteiger partial charge < -0.3 is 10.2 Å². The van der Waals surface area contributed by atoms with Crippen LogP contribution in [0.1, 0.15) is 39.5 Å². The summed E-state index contributed by atoms with van der Waals surface area (Å²) in [5, 5.41) is 17.9. The Morgan fingerprint density at radius 3 is 2.13 bits per heavy atom. The summed E-state index contributed by atoms with van der Waals surface area (Å²) in [5.74, 6) is 0.0277. The van der Waals surface area contributed by atoms with Crippen molar-refractivity contribution in [2.75, 3.05) is 6.61 Å². The van der Waals surface area contributed by atoms with Gasteiger partial charge in [-0.15, -0.1) is 0 Å². The van der Waals surface area contributed by atoms with Gasteiger partial charge >= 0.3 is 5.97 Å². The van der Waals surface area contributed by atoms with E-state index in [0.717, 1.165) is 31.3 Å². The van der Waals surface area contributed by atoms with E-state index in [2.05, 4.69) is 0 Å². The largest absolute Gasteiger partial charge is 0.478 e. The third-order valence-electron chi connectivity index (χ3n) is 3.63. The van der Waals surface area contributed by atoms with E-state index in [-0.39, 0.29) is 6.61 Å². The second kappa shape index (κ2) is 5.31. The van der Waals surface area contributed by atoms with Crippen LogP contribution < -0.4 is 0 Å². The van der Waals surface area contributed by atoms with Crippen molar-refractivity contribution in [1.82, 2.24) is 0 Å². The second-order valence-corrected chi connectivity index (χ2v) is 4.51. The van der Waals surface area contributed by atoms with E-state index in [0.29, 0.717) is 17.4 Å². The normalized spacial score (nSPS) is 28.5. The number of carbonyl (C=O) groups is 1. The van der Waals surface area contributed by atoms with Crippen molar-refractivity contribution in [1.29, 1.82) is 0 Å². The molecule has 86 valence electrons. The molecule has 2 N–H and O–H groups in total. The number of rotatable bonds is 3. The molecule has 0 aromatic rings. The number of aliphatic hydroxyl groups is 1. The number of allylic oxidation sites excluding steroid dienone is 1. The van der Waals surface area contributed by atoms with Crippen LogP contribution in [0.4, 0.5) is 0 Å². The SMILES string of the molecule is CC(C(=O)O)=C(C)C1CCC(CO)CC1. The molecule has 0 radical (unpaired) electrons. The molecular formula is C12H20O3. The van der Waals surface area contributed by atoms with Gasteiger partial charge in [-0.2, -0.15) is 0 Å². The van der Waals surface area contributed by atoms with Gasteiger partial charge in [-0.25, -0.2) is 4.79 Å². The number of hydrogen-bond donors (Lipinski definition) is 2. The molecule has 3 nitrogen and oxygen atoms in total. The molecule has 0 unspecified atom stereocenters. The first-order chi connectivity index (χ1) is 7.06. The Labute approximate surface area is 90.8 Å². The van der Waals surface area contributed by atoms with Crippen LogP contribution in [0.15, 0.2) is 11.1 Å². The Bertz CT molecular complexity index is 260. The Kier molecular flexibility index (Phi) is 4.33. The number of hydrogen-bond acceptors (Lipinski definition) is 2. The van der Waals surface area contributed by atoms with E-state index in [1.165, 1.54) is 0 Å². The minimum atomic E-state index is -0.809. The van der Waals surface area contributed by atoms with Gasteiger partial charge in [0.05, 0.1) is 0 Å². The van der Waals surface area contributed by atoms with Gasteiger partial charge in [0.25, 0.3) is 0 Å². The first-order valence-corrected chi connectivity index (χ1v) is 5.57. The van der Waals surface area contributed by atoms with Crippen molar-refractivity contribution in [3.63, 3.8) is 0 Å². The Morgan fingerprint density at radius 1 is 1.20 bits per heavy atom. The van der Waals surface area contributed by atoms with Crippen LogP contribution in [0.25, 0.3) is 0 Å². The number of carboxylic acids is 1. The Balaban J connectivity index is 2.60. The van der Waals surface area contributed by atoms with Crippen molar-refractivity contribution in [3.05, 3.63) is 11.1 Å². The summed E-state index contributed by atoms with van der Waals surface area (Å²) < 4.78 is 0. The van der Waals surface area contributed by atoms with Crippen LogP contribution in [0.3, 0.4) is 0 Å². The van der Waals surface area contributed by atoms with E-state index < -0.39 is 5.97 Å². The molecule has 1 saturated carbocycles. The average Bonchev–Trinajstić information content (AvgIpc) is 2.27. The van der Waals surface area contributed by atoms with E-state index in [1.54, 1.807) is 6.92 Å². The molecule has 0 bridgehead atoms. The number of aliphatic carboxylic acids is 1. The molecule has 1 aliphatic carbocycles. The lowest BCUT2D eigenvalue weighted by molar-refractivity contribution is -0.132. The van der Waals surface area contributed by atoms with Crippen molar-refractivity contribution in [3.8, 4) is 0 Å². The summed E-state index contributed by atoms with van der Waals surface area (Å²) in [6.07, 6.45) is 4.07. The molecule has 0 aromatic carbocycles. The molecule has 1 aliphatic rings. The molecule has 0 spiro atoms. The van der Waals surface area contributed by atoms with Crippen molar-refractivity contribution in [2.24, 2.45) is 11.8 Å². The maximum Gasteiger partial charge on any atom is 0.331 e. The first-order valence-electron chi connectivity index (χ1n) is 5.57. The smallest absolute Gasteiger partial charge is 0.331 e. The third kappa shape index (κ3) is 3.06. The van der Waals surface area contributed by atoms with Crippen LogP contribution in [-0.2, 0) is 4.79 Å². The van der Waals surface area contributed by atoms with E-state index >= 15 is 0 Å². The monoisotopic (exact) mass is 212 g/mol. The molecule has 15 heavy (non-hydrogen) atoms. The fourth-order valence-electron chi connectivity index (χ4n) is 2.25. The summed E-state index contributed by atoms with van der Waals surface area (Å²) in [6, 6.07) is 0. The molecule has 3 heteroatoms. The lowest BCUT2D eigenvalue weighted by Gasteiger charge is -2.28. The maximum atomic E-state index is 10.8. The highest BCUT2D eigenvalue weighted by Gasteiger charge is 2.23. The highest BCUT2D eigenvalue weighted by molar-refractivity contribution is 5.86. The highest BCUT2D eigenvalue weighted by Crippen LogP contribution is 2.34. The molecule has 0 heterocycles. The molecule has 0 amide bonds. The van der Waals surface area contributed by atoms with E-state index in [1.807, 2.05) is 6.92 Å². The lowest BCUT2D eigenvalue weighted by Crippen LogP contribution is -2.19. The lowest BCUT2D eigenvalue weighted by atomic mass is 9.78.